The lowest BCUT2D eigenvalue weighted by molar-refractivity contribution is -0.133. The van der Waals surface area contributed by atoms with Gasteiger partial charge in [0.2, 0.25) is 5.91 Å². The quantitative estimate of drug-likeness (QED) is 0.834. The second kappa shape index (κ2) is 6.05. The third-order valence-electron chi connectivity index (χ3n) is 4.80. The van der Waals surface area contributed by atoms with E-state index in [1.165, 1.54) is 32.1 Å². The second-order valence-corrected chi connectivity index (χ2v) is 5.99. The van der Waals surface area contributed by atoms with Crippen LogP contribution in [-0.2, 0) is 4.79 Å². The predicted molar refractivity (Wildman–Crippen MR) is 74.2 cm³/mol. The molecule has 1 amide bonds. The first-order chi connectivity index (χ1) is 8.69. The van der Waals surface area contributed by atoms with Crippen LogP contribution in [0, 0.1) is 5.92 Å². The molecular formula is C15H28N2O. The maximum absolute atomic E-state index is 12.6. The summed E-state index contributed by atoms with van der Waals surface area (Å²) in [4.78, 5) is 14.8. The normalized spacial score (nSPS) is 31.9. The van der Waals surface area contributed by atoms with Gasteiger partial charge in [0.25, 0.3) is 0 Å². The molecule has 0 bridgehead atoms. The molecule has 0 aromatic rings. The molecule has 1 saturated heterocycles. The lowest BCUT2D eigenvalue weighted by Crippen LogP contribution is -2.45. The van der Waals surface area contributed by atoms with Crippen LogP contribution in [0.15, 0.2) is 0 Å². The molecule has 0 spiro atoms. The molecular weight excluding hydrogens is 224 g/mol. The molecule has 1 aliphatic heterocycles. The number of nitrogens with one attached hydrogen (secondary N) is 1. The van der Waals surface area contributed by atoms with Crippen LogP contribution in [0.25, 0.3) is 0 Å². The van der Waals surface area contributed by atoms with Gasteiger partial charge in [-0.1, -0.05) is 46.5 Å². The van der Waals surface area contributed by atoms with Gasteiger partial charge in [-0.25, -0.2) is 0 Å². The zero-order chi connectivity index (χ0) is 13.1. The maximum atomic E-state index is 12.6. The summed E-state index contributed by atoms with van der Waals surface area (Å²) in [6.45, 7) is 6.54. The fraction of sp³-hybridized carbons (Fsp3) is 0.933. The van der Waals surface area contributed by atoms with Gasteiger partial charge in [-0.05, 0) is 25.2 Å². The van der Waals surface area contributed by atoms with Crippen LogP contribution in [0.5, 0.6) is 0 Å². The Hall–Kier alpha value is -0.570. The molecule has 3 nitrogen and oxygen atoms in total. The van der Waals surface area contributed by atoms with E-state index in [1.54, 1.807) is 0 Å². The fourth-order valence-corrected chi connectivity index (χ4v) is 3.42. The third kappa shape index (κ3) is 2.56. The summed E-state index contributed by atoms with van der Waals surface area (Å²) in [5.41, 5.74) is 0. The number of nitrogens with zero attached hydrogens (tertiary/aromatic N) is 1. The number of carbonyl (C=O) groups is 1. The van der Waals surface area contributed by atoms with Crippen LogP contribution in [0.2, 0.25) is 0 Å². The van der Waals surface area contributed by atoms with E-state index < -0.39 is 0 Å². The summed E-state index contributed by atoms with van der Waals surface area (Å²) in [6, 6.07) is 0.555. The van der Waals surface area contributed by atoms with Crippen molar-refractivity contribution in [2.75, 3.05) is 0 Å². The zero-order valence-electron chi connectivity index (χ0n) is 12.1. The Labute approximate surface area is 111 Å². The van der Waals surface area contributed by atoms with E-state index in [4.69, 9.17) is 0 Å². The standard InChI is InChI=1S/C15H28N2O/c1-4-11(3)14-15(18)17(13(5-2)16-14)12-9-7-6-8-10-12/h11-14,16H,4-10H2,1-3H3. The van der Waals surface area contributed by atoms with E-state index in [1.807, 2.05) is 0 Å². The zero-order valence-corrected chi connectivity index (χ0v) is 12.1. The van der Waals surface area contributed by atoms with Crippen LogP contribution in [0.4, 0.5) is 0 Å². The first-order valence-electron chi connectivity index (χ1n) is 7.77. The van der Waals surface area contributed by atoms with E-state index in [0.717, 1.165) is 12.8 Å². The van der Waals surface area contributed by atoms with Crippen molar-refractivity contribution in [1.82, 2.24) is 10.2 Å². The molecule has 3 heteroatoms. The minimum absolute atomic E-state index is 0.0573. The van der Waals surface area contributed by atoms with E-state index in [2.05, 4.69) is 31.0 Å². The highest BCUT2D eigenvalue weighted by molar-refractivity contribution is 5.85. The Kier molecular flexibility index (Phi) is 4.66. The highest BCUT2D eigenvalue weighted by Crippen LogP contribution is 2.29. The van der Waals surface area contributed by atoms with Crippen molar-refractivity contribution in [2.45, 2.75) is 84.0 Å². The summed E-state index contributed by atoms with van der Waals surface area (Å²) in [7, 11) is 0. The van der Waals surface area contributed by atoms with Crippen LogP contribution in [-0.4, -0.2) is 29.1 Å². The van der Waals surface area contributed by atoms with Crippen molar-refractivity contribution in [1.29, 1.82) is 0 Å². The molecule has 2 fully saturated rings. The molecule has 0 aromatic carbocycles. The van der Waals surface area contributed by atoms with E-state index in [9.17, 15) is 4.79 Å². The van der Waals surface area contributed by atoms with Crippen molar-refractivity contribution in [3.05, 3.63) is 0 Å². The fourth-order valence-electron chi connectivity index (χ4n) is 3.42. The van der Waals surface area contributed by atoms with Gasteiger partial charge in [-0.15, -0.1) is 0 Å². The van der Waals surface area contributed by atoms with Gasteiger partial charge in [-0.3, -0.25) is 10.1 Å². The molecule has 3 unspecified atom stereocenters. The molecule has 2 aliphatic rings. The summed E-state index contributed by atoms with van der Waals surface area (Å²) in [5, 5.41) is 3.56. The molecule has 1 heterocycles. The highest BCUT2D eigenvalue weighted by Gasteiger charge is 2.43. The van der Waals surface area contributed by atoms with Gasteiger partial charge in [-0.2, -0.15) is 0 Å². The van der Waals surface area contributed by atoms with Gasteiger partial charge in [0.05, 0.1) is 12.2 Å². The molecule has 104 valence electrons. The maximum Gasteiger partial charge on any atom is 0.241 e. The smallest absolute Gasteiger partial charge is 0.241 e. The van der Waals surface area contributed by atoms with Crippen molar-refractivity contribution in [3.63, 3.8) is 0 Å². The Morgan fingerprint density at radius 1 is 1.28 bits per heavy atom. The third-order valence-corrected chi connectivity index (χ3v) is 4.80. The van der Waals surface area contributed by atoms with Crippen molar-refractivity contribution >= 4 is 5.91 Å². The summed E-state index contributed by atoms with van der Waals surface area (Å²) < 4.78 is 0. The van der Waals surface area contributed by atoms with Crippen LogP contribution >= 0.6 is 0 Å². The molecule has 2 rings (SSSR count). The van der Waals surface area contributed by atoms with E-state index in [-0.39, 0.29) is 12.2 Å². The molecule has 0 radical (unpaired) electrons. The largest absolute Gasteiger partial charge is 0.323 e. The van der Waals surface area contributed by atoms with Gasteiger partial charge >= 0.3 is 0 Å². The number of hydrogen-bond donors (Lipinski definition) is 1. The van der Waals surface area contributed by atoms with Crippen LogP contribution in [0.1, 0.15) is 65.7 Å². The molecule has 1 saturated carbocycles. The number of rotatable bonds is 4. The molecule has 1 aliphatic carbocycles. The Morgan fingerprint density at radius 3 is 2.50 bits per heavy atom. The van der Waals surface area contributed by atoms with Gasteiger partial charge in [0.15, 0.2) is 0 Å². The Bertz CT molecular complexity index is 286. The van der Waals surface area contributed by atoms with Crippen LogP contribution in [0.3, 0.4) is 0 Å². The molecule has 3 atom stereocenters. The van der Waals surface area contributed by atoms with Gasteiger partial charge < -0.3 is 4.90 Å². The monoisotopic (exact) mass is 252 g/mol. The first-order valence-corrected chi connectivity index (χ1v) is 7.77. The lowest BCUT2D eigenvalue weighted by atomic mass is 9.93. The predicted octanol–water partition coefficient (Wildman–Crippen LogP) is 2.90. The lowest BCUT2D eigenvalue weighted by Gasteiger charge is -2.34. The highest BCUT2D eigenvalue weighted by atomic mass is 16.2. The number of carbonyl (C=O) groups excluding carboxylic acids is 1. The summed E-state index contributed by atoms with van der Waals surface area (Å²) in [5.74, 6) is 0.809. The molecule has 0 aromatic heterocycles. The van der Waals surface area contributed by atoms with E-state index >= 15 is 0 Å². The number of hydrogen-bond acceptors (Lipinski definition) is 2. The van der Waals surface area contributed by atoms with Crippen LogP contribution < -0.4 is 5.32 Å². The number of amides is 1. The van der Waals surface area contributed by atoms with Gasteiger partial charge in [0.1, 0.15) is 0 Å². The van der Waals surface area contributed by atoms with Crippen molar-refractivity contribution in [2.24, 2.45) is 5.92 Å². The Balaban J connectivity index is 2.09. The second-order valence-electron chi connectivity index (χ2n) is 5.99. The van der Waals surface area contributed by atoms with E-state index in [0.29, 0.717) is 17.9 Å². The average Bonchev–Trinajstić information content (AvgIpc) is 2.75. The first kappa shape index (κ1) is 13.9. The SMILES string of the molecule is CCC(C)C1NC(CC)N(C2CCCCC2)C1=O. The van der Waals surface area contributed by atoms with Crippen molar-refractivity contribution < 1.29 is 4.79 Å². The topological polar surface area (TPSA) is 32.3 Å². The summed E-state index contributed by atoms with van der Waals surface area (Å²) >= 11 is 0. The molecule has 1 N–H and O–H groups in total. The molecule has 18 heavy (non-hydrogen) atoms. The Morgan fingerprint density at radius 2 is 1.94 bits per heavy atom. The van der Waals surface area contributed by atoms with Crippen molar-refractivity contribution in [3.8, 4) is 0 Å². The summed E-state index contributed by atoms with van der Waals surface area (Å²) in [6.07, 6.45) is 8.71. The van der Waals surface area contributed by atoms with Gasteiger partial charge in [0, 0.05) is 6.04 Å². The minimum Gasteiger partial charge on any atom is -0.323 e. The minimum atomic E-state index is 0.0573. The average molecular weight is 252 g/mol.